The van der Waals surface area contributed by atoms with Crippen molar-refractivity contribution in [3.05, 3.63) is 59.4 Å². The highest BCUT2D eigenvalue weighted by Gasteiger charge is 2.08. The van der Waals surface area contributed by atoms with Crippen LogP contribution in [0.5, 0.6) is 0 Å². The molecule has 7 heteroatoms. The van der Waals surface area contributed by atoms with E-state index in [2.05, 4.69) is 20.8 Å². The maximum Gasteiger partial charge on any atom is 0.323 e. The number of carbonyl (C=O) groups is 1. The van der Waals surface area contributed by atoms with Crippen LogP contribution in [0.2, 0.25) is 5.02 Å². The van der Waals surface area contributed by atoms with Crippen LogP contribution in [0.4, 0.5) is 16.2 Å². The minimum Gasteiger partial charge on any atom is -0.334 e. The Balaban J connectivity index is 1.71. The van der Waals surface area contributed by atoms with Gasteiger partial charge >= 0.3 is 6.03 Å². The van der Waals surface area contributed by atoms with Gasteiger partial charge in [-0.3, -0.25) is 0 Å². The Morgan fingerprint density at radius 3 is 2.43 bits per heavy atom. The highest BCUT2D eigenvalue weighted by Crippen LogP contribution is 2.21. The Bertz CT molecular complexity index is 847. The van der Waals surface area contributed by atoms with Crippen LogP contribution in [0.25, 0.3) is 11.5 Å². The highest BCUT2D eigenvalue weighted by atomic mass is 35.5. The van der Waals surface area contributed by atoms with E-state index in [-0.39, 0.29) is 6.03 Å². The Morgan fingerprint density at radius 2 is 1.78 bits per heavy atom. The van der Waals surface area contributed by atoms with Crippen LogP contribution in [0.1, 0.15) is 5.82 Å². The minimum atomic E-state index is -0.369. The van der Waals surface area contributed by atoms with Crippen LogP contribution < -0.4 is 10.6 Å². The topological polar surface area (TPSA) is 80.0 Å². The molecule has 0 aliphatic rings. The molecule has 2 N–H and O–H groups in total. The first-order valence-corrected chi connectivity index (χ1v) is 7.22. The molecular weight excluding hydrogens is 316 g/mol. The molecule has 1 aromatic heterocycles. The molecule has 0 spiro atoms. The molecule has 3 rings (SSSR count). The molecule has 6 nitrogen and oxygen atoms in total. The summed E-state index contributed by atoms with van der Waals surface area (Å²) in [5.74, 6) is 0.957. The van der Waals surface area contributed by atoms with Crippen LogP contribution in [0.3, 0.4) is 0 Å². The highest BCUT2D eigenvalue weighted by molar-refractivity contribution is 6.30. The summed E-state index contributed by atoms with van der Waals surface area (Å²) in [7, 11) is 0. The molecule has 23 heavy (non-hydrogen) atoms. The predicted molar refractivity (Wildman–Crippen MR) is 88.6 cm³/mol. The van der Waals surface area contributed by atoms with Gasteiger partial charge in [-0.2, -0.15) is 4.98 Å². The zero-order chi connectivity index (χ0) is 16.2. The van der Waals surface area contributed by atoms with Crippen molar-refractivity contribution in [2.75, 3.05) is 10.6 Å². The third kappa shape index (κ3) is 3.87. The summed E-state index contributed by atoms with van der Waals surface area (Å²) in [5.41, 5.74) is 1.95. The fourth-order valence-electron chi connectivity index (χ4n) is 2.00. The fraction of sp³-hybridized carbons (Fsp3) is 0.0625. The van der Waals surface area contributed by atoms with E-state index >= 15 is 0 Å². The molecule has 0 aliphatic heterocycles. The number of nitrogens with zero attached hydrogens (tertiary/aromatic N) is 2. The number of rotatable bonds is 3. The maximum absolute atomic E-state index is 12.0. The van der Waals surface area contributed by atoms with Gasteiger partial charge in [-0.05, 0) is 43.3 Å². The number of benzene rings is 2. The van der Waals surface area contributed by atoms with E-state index in [0.717, 1.165) is 5.56 Å². The molecule has 0 bridgehead atoms. The lowest BCUT2D eigenvalue weighted by Crippen LogP contribution is -2.19. The summed E-state index contributed by atoms with van der Waals surface area (Å²) in [4.78, 5) is 16.2. The van der Waals surface area contributed by atoms with Crippen LogP contribution in [-0.2, 0) is 0 Å². The van der Waals surface area contributed by atoms with Gasteiger partial charge in [-0.15, -0.1) is 0 Å². The summed E-state index contributed by atoms with van der Waals surface area (Å²) in [5, 5.41) is 9.75. The average Bonchev–Trinajstić information content (AvgIpc) is 2.94. The van der Waals surface area contributed by atoms with Crippen LogP contribution >= 0.6 is 11.6 Å². The molecule has 0 aliphatic carbocycles. The number of halogens is 1. The van der Waals surface area contributed by atoms with Crippen molar-refractivity contribution in [1.82, 2.24) is 10.1 Å². The molecule has 0 atom stereocenters. The lowest BCUT2D eigenvalue weighted by atomic mass is 10.2. The fourth-order valence-corrected chi connectivity index (χ4v) is 2.19. The van der Waals surface area contributed by atoms with Crippen molar-refractivity contribution < 1.29 is 9.32 Å². The molecule has 116 valence electrons. The molecule has 2 aromatic carbocycles. The first-order chi connectivity index (χ1) is 11.1. The predicted octanol–water partition coefficient (Wildman–Crippen LogP) is 4.34. The first-order valence-electron chi connectivity index (χ1n) is 6.84. The summed E-state index contributed by atoms with van der Waals surface area (Å²) < 4.78 is 5.12. The normalized spacial score (nSPS) is 10.3. The van der Waals surface area contributed by atoms with Crippen molar-refractivity contribution in [3.8, 4) is 11.5 Å². The molecule has 0 radical (unpaired) electrons. The largest absolute Gasteiger partial charge is 0.334 e. The molecule has 1 heterocycles. The van der Waals surface area contributed by atoms with Crippen molar-refractivity contribution in [2.24, 2.45) is 0 Å². The second kappa shape index (κ2) is 6.50. The van der Waals surface area contributed by atoms with Gasteiger partial charge in [-0.1, -0.05) is 28.9 Å². The van der Waals surface area contributed by atoms with Gasteiger partial charge in [0.25, 0.3) is 5.89 Å². The third-order valence-corrected chi connectivity index (χ3v) is 3.21. The molecule has 3 aromatic rings. The Kier molecular flexibility index (Phi) is 4.25. The second-order valence-corrected chi connectivity index (χ2v) is 5.25. The van der Waals surface area contributed by atoms with Gasteiger partial charge in [-0.25, -0.2) is 4.79 Å². The van der Waals surface area contributed by atoms with E-state index in [1.807, 2.05) is 6.07 Å². The third-order valence-electron chi connectivity index (χ3n) is 2.98. The number of nitrogens with one attached hydrogen (secondary N) is 2. The van der Waals surface area contributed by atoms with Crippen molar-refractivity contribution >= 4 is 29.0 Å². The summed E-state index contributed by atoms with van der Waals surface area (Å²) in [6.07, 6.45) is 0. The number of aryl methyl sites for hydroxylation is 1. The van der Waals surface area contributed by atoms with Gasteiger partial charge in [0.05, 0.1) is 0 Å². The number of hydrogen-bond donors (Lipinski definition) is 2. The van der Waals surface area contributed by atoms with Crippen molar-refractivity contribution in [3.63, 3.8) is 0 Å². The van der Waals surface area contributed by atoms with Crippen molar-refractivity contribution in [1.29, 1.82) is 0 Å². The first kappa shape index (κ1) is 15.1. The standard InChI is InChI=1S/C16H13ClN4O2/c1-10-18-15(23-21-10)11-4-2-6-13(8-11)19-16(22)20-14-7-3-5-12(17)9-14/h2-9H,1H3,(H2,19,20,22). The zero-order valence-corrected chi connectivity index (χ0v) is 13.0. The summed E-state index contributed by atoms with van der Waals surface area (Å²) >= 11 is 5.88. The summed E-state index contributed by atoms with van der Waals surface area (Å²) in [6.45, 7) is 1.74. The Morgan fingerprint density at radius 1 is 1.09 bits per heavy atom. The minimum absolute atomic E-state index is 0.369. The van der Waals surface area contributed by atoms with E-state index in [4.69, 9.17) is 16.1 Å². The van der Waals surface area contributed by atoms with E-state index < -0.39 is 0 Å². The van der Waals surface area contributed by atoms with Crippen molar-refractivity contribution in [2.45, 2.75) is 6.92 Å². The van der Waals surface area contributed by atoms with E-state index in [0.29, 0.717) is 28.1 Å². The SMILES string of the molecule is Cc1noc(-c2cccc(NC(=O)Nc3cccc(Cl)c3)c2)n1. The molecule has 0 fully saturated rings. The number of amides is 2. The lowest BCUT2D eigenvalue weighted by molar-refractivity contribution is 0.262. The van der Waals surface area contributed by atoms with Gasteiger partial charge in [0, 0.05) is 22.0 Å². The summed E-state index contributed by atoms with van der Waals surface area (Å²) in [6, 6.07) is 13.7. The average molecular weight is 329 g/mol. The van der Waals surface area contributed by atoms with Gasteiger partial charge < -0.3 is 15.2 Å². The molecule has 2 amide bonds. The zero-order valence-electron chi connectivity index (χ0n) is 12.2. The lowest BCUT2D eigenvalue weighted by Gasteiger charge is -2.08. The second-order valence-electron chi connectivity index (χ2n) is 4.82. The number of aromatic nitrogens is 2. The smallest absolute Gasteiger partial charge is 0.323 e. The van der Waals surface area contributed by atoms with E-state index in [9.17, 15) is 4.79 Å². The molecule has 0 saturated carbocycles. The number of carbonyl (C=O) groups excluding carboxylic acids is 1. The van der Waals surface area contributed by atoms with Gasteiger partial charge in [0.15, 0.2) is 5.82 Å². The van der Waals surface area contributed by atoms with Gasteiger partial charge in [0.2, 0.25) is 0 Å². The van der Waals surface area contributed by atoms with E-state index in [1.165, 1.54) is 0 Å². The molecule has 0 unspecified atom stereocenters. The maximum atomic E-state index is 12.0. The number of urea groups is 1. The van der Waals surface area contributed by atoms with Crippen LogP contribution in [0, 0.1) is 6.92 Å². The van der Waals surface area contributed by atoms with Crippen LogP contribution in [-0.4, -0.2) is 16.2 Å². The van der Waals surface area contributed by atoms with Crippen LogP contribution in [0.15, 0.2) is 53.1 Å². The number of hydrogen-bond acceptors (Lipinski definition) is 4. The Labute approximate surface area is 137 Å². The van der Waals surface area contributed by atoms with Gasteiger partial charge in [0.1, 0.15) is 0 Å². The molecule has 0 saturated heterocycles. The molecular formula is C16H13ClN4O2. The monoisotopic (exact) mass is 328 g/mol. The quantitative estimate of drug-likeness (QED) is 0.749. The Hall–Kier alpha value is -2.86. The van der Waals surface area contributed by atoms with E-state index in [1.54, 1.807) is 49.4 Å². The number of anilines is 2.